The van der Waals surface area contributed by atoms with Crippen LogP contribution in [0.5, 0.6) is 11.5 Å². The largest absolute Gasteiger partial charge is 0.457 e. The summed E-state index contributed by atoms with van der Waals surface area (Å²) in [5.74, 6) is 1.91. The normalized spacial score (nSPS) is 10.7. The van der Waals surface area contributed by atoms with Crippen LogP contribution in [0.3, 0.4) is 0 Å². The molecule has 0 atom stereocenters. The molecule has 126 valence electrons. The van der Waals surface area contributed by atoms with E-state index in [2.05, 4.69) is 72.8 Å². The minimum atomic E-state index is 0.211. The van der Waals surface area contributed by atoms with Gasteiger partial charge in [-0.05, 0) is 41.0 Å². The van der Waals surface area contributed by atoms with Gasteiger partial charge in [0.1, 0.15) is 11.5 Å². The molecule has 4 aromatic carbocycles. The lowest BCUT2D eigenvalue weighted by molar-refractivity contribution is 0.482. The molecule has 0 heterocycles. The van der Waals surface area contributed by atoms with Crippen molar-refractivity contribution in [3.05, 3.63) is 132 Å². The van der Waals surface area contributed by atoms with Gasteiger partial charge in [-0.25, -0.2) is 0 Å². The molecule has 0 aliphatic carbocycles. The fourth-order valence-electron chi connectivity index (χ4n) is 3.22. The molecule has 4 rings (SSSR count). The van der Waals surface area contributed by atoms with Gasteiger partial charge >= 0.3 is 0 Å². The van der Waals surface area contributed by atoms with Gasteiger partial charge in [-0.15, -0.1) is 0 Å². The van der Waals surface area contributed by atoms with E-state index in [0.717, 1.165) is 11.5 Å². The molecular formula is C25H20O. The van der Waals surface area contributed by atoms with Crippen LogP contribution < -0.4 is 4.74 Å². The first-order chi connectivity index (χ1) is 12.9. The van der Waals surface area contributed by atoms with Crippen molar-refractivity contribution in [1.82, 2.24) is 0 Å². The van der Waals surface area contributed by atoms with E-state index in [4.69, 9.17) is 4.74 Å². The van der Waals surface area contributed by atoms with Gasteiger partial charge in [0.25, 0.3) is 0 Å². The Hall–Kier alpha value is -3.32. The first-order valence-electron chi connectivity index (χ1n) is 8.83. The highest BCUT2D eigenvalue weighted by molar-refractivity contribution is 5.44. The lowest BCUT2D eigenvalue weighted by Crippen LogP contribution is -2.03. The Balaban J connectivity index is 1.66. The zero-order chi connectivity index (χ0) is 17.6. The van der Waals surface area contributed by atoms with Gasteiger partial charge in [-0.2, -0.15) is 0 Å². The molecule has 0 amide bonds. The van der Waals surface area contributed by atoms with Crippen molar-refractivity contribution in [2.24, 2.45) is 0 Å². The number of hydrogen-bond donors (Lipinski definition) is 0. The quantitative estimate of drug-likeness (QED) is 0.370. The number of rotatable bonds is 5. The van der Waals surface area contributed by atoms with Crippen LogP contribution in [-0.4, -0.2) is 0 Å². The molecule has 0 bridgehead atoms. The van der Waals surface area contributed by atoms with E-state index in [1.807, 2.05) is 42.5 Å². The molecule has 0 aromatic heterocycles. The molecule has 0 aliphatic heterocycles. The zero-order valence-electron chi connectivity index (χ0n) is 14.5. The summed E-state index contributed by atoms with van der Waals surface area (Å²) < 4.78 is 5.92. The summed E-state index contributed by atoms with van der Waals surface area (Å²) in [5, 5.41) is 0. The van der Waals surface area contributed by atoms with Crippen molar-refractivity contribution in [1.29, 1.82) is 0 Å². The minimum absolute atomic E-state index is 0.211. The van der Waals surface area contributed by atoms with Crippen molar-refractivity contribution in [2.75, 3.05) is 0 Å². The number of hydrogen-bond acceptors (Lipinski definition) is 1. The van der Waals surface area contributed by atoms with E-state index in [1.54, 1.807) is 0 Å². The molecule has 1 nitrogen and oxygen atoms in total. The Bertz CT molecular complexity index is 890. The van der Waals surface area contributed by atoms with Gasteiger partial charge in [-0.1, -0.05) is 91.0 Å². The Morgan fingerprint density at radius 3 is 1.27 bits per heavy atom. The number of benzene rings is 4. The van der Waals surface area contributed by atoms with Crippen LogP contribution in [0.1, 0.15) is 22.6 Å². The highest BCUT2D eigenvalue weighted by atomic mass is 16.5. The first-order valence-corrected chi connectivity index (χ1v) is 8.83. The third kappa shape index (κ3) is 3.68. The third-order valence-electron chi connectivity index (χ3n) is 4.46. The second-order valence-electron chi connectivity index (χ2n) is 6.24. The van der Waals surface area contributed by atoms with Crippen LogP contribution in [-0.2, 0) is 0 Å². The number of ether oxygens (including phenoxy) is 1. The maximum atomic E-state index is 5.92. The fourth-order valence-corrected chi connectivity index (χ4v) is 3.22. The van der Waals surface area contributed by atoms with Crippen LogP contribution in [0.2, 0.25) is 0 Å². The van der Waals surface area contributed by atoms with Crippen LogP contribution in [0.15, 0.2) is 115 Å². The van der Waals surface area contributed by atoms with E-state index in [9.17, 15) is 0 Å². The predicted molar refractivity (Wildman–Crippen MR) is 107 cm³/mol. The van der Waals surface area contributed by atoms with Gasteiger partial charge < -0.3 is 4.74 Å². The molecule has 0 N–H and O–H groups in total. The zero-order valence-corrected chi connectivity index (χ0v) is 14.5. The Kier molecular flexibility index (Phi) is 4.79. The average Bonchev–Trinajstić information content (AvgIpc) is 2.72. The van der Waals surface area contributed by atoms with Crippen LogP contribution in [0.4, 0.5) is 0 Å². The predicted octanol–water partition coefficient (Wildman–Crippen LogP) is 6.66. The third-order valence-corrected chi connectivity index (χ3v) is 4.46. The van der Waals surface area contributed by atoms with Crippen molar-refractivity contribution >= 4 is 0 Å². The molecule has 0 aliphatic rings. The van der Waals surface area contributed by atoms with Gasteiger partial charge in [0, 0.05) is 5.92 Å². The standard InChI is InChI=1S/C25H20O/c1-4-10-20(11-5-1)25(21-12-6-2-7-13-21)22-16-18-24(19-17-22)26-23-14-8-3-9-15-23/h1-19,25H. The Morgan fingerprint density at radius 2 is 0.769 bits per heavy atom. The van der Waals surface area contributed by atoms with E-state index < -0.39 is 0 Å². The molecule has 0 radical (unpaired) electrons. The van der Waals surface area contributed by atoms with Crippen molar-refractivity contribution < 1.29 is 4.74 Å². The summed E-state index contributed by atoms with van der Waals surface area (Å²) in [7, 11) is 0. The summed E-state index contributed by atoms with van der Waals surface area (Å²) in [4.78, 5) is 0. The molecule has 4 aromatic rings. The van der Waals surface area contributed by atoms with E-state index >= 15 is 0 Å². The molecule has 0 saturated carbocycles. The lowest BCUT2D eigenvalue weighted by Gasteiger charge is -2.19. The molecule has 0 spiro atoms. The molecule has 0 saturated heterocycles. The molecule has 1 heteroatoms. The smallest absolute Gasteiger partial charge is 0.127 e. The molecule has 26 heavy (non-hydrogen) atoms. The monoisotopic (exact) mass is 336 g/mol. The Labute approximate surface area is 154 Å². The second kappa shape index (κ2) is 7.71. The van der Waals surface area contributed by atoms with Gasteiger partial charge in [0.05, 0.1) is 0 Å². The van der Waals surface area contributed by atoms with Crippen LogP contribution in [0, 0.1) is 0 Å². The Morgan fingerprint density at radius 1 is 0.385 bits per heavy atom. The maximum absolute atomic E-state index is 5.92. The van der Waals surface area contributed by atoms with Gasteiger partial charge in [0.2, 0.25) is 0 Å². The SMILES string of the molecule is c1ccc(Oc2ccc(C(c3ccccc3)c3ccccc3)cc2)cc1. The van der Waals surface area contributed by atoms with Crippen LogP contribution in [0.25, 0.3) is 0 Å². The van der Waals surface area contributed by atoms with E-state index in [-0.39, 0.29) is 5.92 Å². The van der Waals surface area contributed by atoms with E-state index in [0.29, 0.717) is 0 Å². The molecular weight excluding hydrogens is 316 g/mol. The minimum Gasteiger partial charge on any atom is -0.457 e. The highest BCUT2D eigenvalue weighted by Crippen LogP contribution is 2.33. The first kappa shape index (κ1) is 16.2. The van der Waals surface area contributed by atoms with Crippen molar-refractivity contribution in [3.8, 4) is 11.5 Å². The summed E-state index contributed by atoms with van der Waals surface area (Å²) in [6.45, 7) is 0. The number of para-hydroxylation sites is 1. The maximum Gasteiger partial charge on any atom is 0.127 e. The second-order valence-corrected chi connectivity index (χ2v) is 6.24. The van der Waals surface area contributed by atoms with Gasteiger partial charge in [0.15, 0.2) is 0 Å². The molecule has 0 unspecified atom stereocenters. The summed E-state index contributed by atoms with van der Waals surface area (Å²) in [6.07, 6.45) is 0. The summed E-state index contributed by atoms with van der Waals surface area (Å²) in [5.41, 5.74) is 3.83. The topological polar surface area (TPSA) is 9.23 Å². The molecule has 0 fully saturated rings. The van der Waals surface area contributed by atoms with E-state index in [1.165, 1.54) is 16.7 Å². The van der Waals surface area contributed by atoms with Crippen LogP contribution >= 0.6 is 0 Å². The summed E-state index contributed by atoms with van der Waals surface area (Å²) in [6, 6.07) is 39.5. The highest BCUT2D eigenvalue weighted by Gasteiger charge is 2.16. The van der Waals surface area contributed by atoms with Crippen molar-refractivity contribution in [2.45, 2.75) is 5.92 Å². The lowest BCUT2D eigenvalue weighted by atomic mass is 9.85. The fraction of sp³-hybridized carbons (Fsp3) is 0.0400. The average molecular weight is 336 g/mol. The van der Waals surface area contributed by atoms with Gasteiger partial charge in [-0.3, -0.25) is 0 Å². The summed E-state index contributed by atoms with van der Waals surface area (Å²) >= 11 is 0. The van der Waals surface area contributed by atoms with Crippen molar-refractivity contribution in [3.63, 3.8) is 0 Å².